The third kappa shape index (κ3) is 5.33. The molecule has 11 heteroatoms. The summed E-state index contributed by atoms with van der Waals surface area (Å²) in [6, 6.07) is 13.0. The highest BCUT2D eigenvalue weighted by Gasteiger charge is 2.29. The Kier molecular flexibility index (Phi) is 7.09. The molecule has 1 amide bonds. The molecule has 4 rings (SSSR count). The second kappa shape index (κ2) is 9.87. The fourth-order valence-electron chi connectivity index (χ4n) is 3.95. The number of nitrogens with one attached hydrogen (secondary N) is 1. The molecule has 0 atom stereocenters. The van der Waals surface area contributed by atoms with Gasteiger partial charge in [0.1, 0.15) is 10.8 Å². The molecule has 0 spiro atoms. The summed E-state index contributed by atoms with van der Waals surface area (Å²) in [5.74, 6) is -0.420. The van der Waals surface area contributed by atoms with Crippen LogP contribution in [0.3, 0.4) is 0 Å². The van der Waals surface area contributed by atoms with Crippen LogP contribution >= 0.6 is 23.2 Å². The normalized spacial score (nSPS) is 14.8. The number of hydrogen-bond acceptors (Lipinski definition) is 5. The number of hydrogen-bond donors (Lipinski definition) is 2. The second-order valence-corrected chi connectivity index (χ2v) is 10.3. The monoisotopic (exact) mass is 522 g/mol. The molecule has 0 radical (unpaired) electrons. The number of amides is 1. The van der Waals surface area contributed by atoms with Crippen LogP contribution in [0.5, 0.6) is 0 Å². The number of sulfonamides is 1. The van der Waals surface area contributed by atoms with Crippen molar-refractivity contribution in [2.75, 3.05) is 18.4 Å². The first-order chi connectivity index (χ1) is 16.1. The van der Waals surface area contributed by atoms with Crippen LogP contribution < -0.4 is 10.5 Å². The summed E-state index contributed by atoms with van der Waals surface area (Å²) in [7, 11) is -4.22. The molecule has 0 bridgehead atoms. The third-order valence-electron chi connectivity index (χ3n) is 5.72. The number of carbonyl (C=O) groups excluding carboxylic acids is 1. The number of nitrogens with zero attached hydrogens (tertiary/aromatic N) is 2. The van der Waals surface area contributed by atoms with Crippen molar-refractivity contribution >= 4 is 50.5 Å². The van der Waals surface area contributed by atoms with Gasteiger partial charge >= 0.3 is 0 Å². The molecule has 0 aliphatic carbocycles. The number of likely N-dealkylation sites (tertiary alicyclic amines) is 1. The number of benzene rings is 2. The van der Waals surface area contributed by atoms with Gasteiger partial charge in [-0.25, -0.2) is 22.9 Å². The summed E-state index contributed by atoms with van der Waals surface area (Å²) in [6.07, 6.45) is 2.57. The van der Waals surface area contributed by atoms with E-state index in [1.54, 1.807) is 41.3 Å². The molecule has 34 heavy (non-hydrogen) atoms. The van der Waals surface area contributed by atoms with Crippen molar-refractivity contribution in [3.8, 4) is 0 Å². The Labute approximate surface area is 206 Å². The molecular formula is C23H21Cl2FN4O3S. The summed E-state index contributed by atoms with van der Waals surface area (Å²) in [4.78, 5) is 18.9. The van der Waals surface area contributed by atoms with Gasteiger partial charge < -0.3 is 10.2 Å². The number of anilines is 2. The minimum absolute atomic E-state index is 0.0914. The zero-order chi connectivity index (χ0) is 24.5. The Morgan fingerprint density at radius 1 is 1.06 bits per heavy atom. The number of primary sulfonamides is 1. The lowest BCUT2D eigenvalue weighted by molar-refractivity contribution is 0.0713. The lowest BCUT2D eigenvalue weighted by Gasteiger charge is -2.32. The summed E-state index contributed by atoms with van der Waals surface area (Å²) in [5, 5.41) is 7.96. The maximum absolute atomic E-state index is 13.4. The zero-order valence-corrected chi connectivity index (χ0v) is 20.2. The van der Waals surface area contributed by atoms with Gasteiger partial charge in [0.05, 0.1) is 11.3 Å². The molecule has 1 saturated heterocycles. The molecule has 2 heterocycles. The molecule has 178 valence electrons. The van der Waals surface area contributed by atoms with E-state index >= 15 is 0 Å². The maximum atomic E-state index is 13.4. The first-order valence-electron chi connectivity index (χ1n) is 10.4. The molecule has 0 saturated carbocycles. The van der Waals surface area contributed by atoms with Crippen molar-refractivity contribution in [3.05, 3.63) is 81.7 Å². The van der Waals surface area contributed by atoms with E-state index in [2.05, 4.69) is 10.3 Å². The van der Waals surface area contributed by atoms with E-state index in [0.29, 0.717) is 36.6 Å². The van der Waals surface area contributed by atoms with Crippen molar-refractivity contribution < 1.29 is 17.6 Å². The largest absolute Gasteiger partial charge is 0.354 e. The quantitative estimate of drug-likeness (QED) is 0.493. The van der Waals surface area contributed by atoms with Crippen molar-refractivity contribution in [2.24, 2.45) is 5.14 Å². The van der Waals surface area contributed by atoms with Gasteiger partial charge in [-0.15, -0.1) is 0 Å². The first-order valence-corrected chi connectivity index (χ1v) is 12.7. The Balaban J connectivity index is 1.61. The molecule has 7 nitrogen and oxygen atoms in total. The van der Waals surface area contributed by atoms with Gasteiger partial charge in [-0.2, -0.15) is 0 Å². The van der Waals surface area contributed by atoms with Crippen molar-refractivity contribution in [1.82, 2.24) is 9.88 Å². The van der Waals surface area contributed by atoms with E-state index in [1.165, 1.54) is 12.1 Å². The van der Waals surface area contributed by atoms with Gasteiger partial charge in [-0.3, -0.25) is 4.79 Å². The molecular weight excluding hydrogens is 502 g/mol. The van der Waals surface area contributed by atoms with Crippen molar-refractivity contribution in [3.63, 3.8) is 0 Å². The second-order valence-electron chi connectivity index (χ2n) is 7.96. The predicted octanol–water partition coefficient (Wildman–Crippen LogP) is 4.94. The highest BCUT2D eigenvalue weighted by atomic mass is 35.5. The number of rotatable bonds is 5. The smallest absolute Gasteiger partial charge is 0.257 e. The zero-order valence-electron chi connectivity index (χ0n) is 17.8. The highest BCUT2D eigenvalue weighted by molar-refractivity contribution is 7.89. The lowest BCUT2D eigenvalue weighted by Crippen LogP contribution is -2.38. The summed E-state index contributed by atoms with van der Waals surface area (Å²) < 4.78 is 37.1. The molecule has 2 aromatic carbocycles. The van der Waals surface area contributed by atoms with E-state index in [0.717, 1.165) is 11.8 Å². The van der Waals surface area contributed by atoms with Gasteiger partial charge in [0.15, 0.2) is 5.03 Å². The standard InChI is InChI=1S/C23H21Cl2FN4O3S/c24-16-3-7-18(8-4-16)29-21-19(13-28-22(20(21)25)34(27,32)33)23(31)30-11-9-15(10-12-30)14-1-5-17(26)6-2-14/h1-8,13,15H,9-12H2,(H,28,29)(H2,27,32,33). The van der Waals surface area contributed by atoms with Crippen LogP contribution in [-0.2, 0) is 10.0 Å². The number of pyridine rings is 1. The van der Waals surface area contributed by atoms with E-state index < -0.39 is 15.0 Å². The van der Waals surface area contributed by atoms with Crippen LogP contribution in [0.25, 0.3) is 0 Å². The summed E-state index contributed by atoms with van der Waals surface area (Å²) >= 11 is 12.3. The molecule has 3 N–H and O–H groups in total. The minimum atomic E-state index is -4.22. The van der Waals surface area contributed by atoms with E-state index in [9.17, 15) is 17.6 Å². The minimum Gasteiger partial charge on any atom is -0.354 e. The molecule has 1 aromatic heterocycles. The highest BCUT2D eigenvalue weighted by Crippen LogP contribution is 2.35. The van der Waals surface area contributed by atoms with E-state index in [4.69, 9.17) is 28.3 Å². The Morgan fingerprint density at radius 3 is 2.26 bits per heavy atom. The van der Waals surface area contributed by atoms with Crippen molar-refractivity contribution in [2.45, 2.75) is 23.8 Å². The fraction of sp³-hybridized carbons (Fsp3) is 0.217. The Hall–Kier alpha value is -2.72. The third-order valence-corrected chi connectivity index (χ3v) is 7.31. The Morgan fingerprint density at radius 2 is 1.68 bits per heavy atom. The summed E-state index contributed by atoms with van der Waals surface area (Å²) in [5.41, 5.74) is 1.78. The average molecular weight is 523 g/mol. The predicted molar refractivity (Wildman–Crippen MR) is 130 cm³/mol. The number of carbonyl (C=O) groups is 1. The average Bonchev–Trinajstić information content (AvgIpc) is 2.81. The number of aromatic nitrogens is 1. The van der Waals surface area contributed by atoms with Crippen LogP contribution in [0.1, 0.15) is 34.7 Å². The van der Waals surface area contributed by atoms with Crippen molar-refractivity contribution in [1.29, 1.82) is 0 Å². The number of nitrogens with two attached hydrogens (primary N) is 1. The van der Waals surface area contributed by atoms with Gasteiger partial charge in [-0.05, 0) is 60.7 Å². The van der Waals surface area contributed by atoms with Gasteiger partial charge in [0, 0.05) is 30.0 Å². The van der Waals surface area contributed by atoms with Gasteiger partial charge in [-0.1, -0.05) is 35.3 Å². The van der Waals surface area contributed by atoms with Crippen LogP contribution in [0.2, 0.25) is 10.0 Å². The lowest BCUT2D eigenvalue weighted by atomic mass is 9.89. The molecule has 0 unspecified atom stereocenters. The molecule has 3 aromatic rings. The Bertz CT molecular complexity index is 1310. The topological polar surface area (TPSA) is 105 Å². The van der Waals surface area contributed by atoms with Crippen LogP contribution in [0.4, 0.5) is 15.8 Å². The van der Waals surface area contributed by atoms with Crippen LogP contribution in [0.15, 0.2) is 59.8 Å². The fourth-order valence-corrected chi connectivity index (χ4v) is 5.15. The SMILES string of the molecule is NS(=O)(=O)c1ncc(C(=O)N2CCC(c3ccc(F)cc3)CC2)c(Nc2ccc(Cl)cc2)c1Cl. The first kappa shape index (κ1) is 24.4. The van der Waals surface area contributed by atoms with Crippen LogP contribution in [0, 0.1) is 5.82 Å². The maximum Gasteiger partial charge on any atom is 0.257 e. The van der Waals surface area contributed by atoms with E-state index in [-0.39, 0.29) is 33.9 Å². The summed E-state index contributed by atoms with van der Waals surface area (Å²) in [6.45, 7) is 0.936. The molecule has 1 aliphatic rings. The van der Waals surface area contributed by atoms with Crippen LogP contribution in [-0.4, -0.2) is 37.3 Å². The van der Waals surface area contributed by atoms with Gasteiger partial charge in [0.2, 0.25) is 0 Å². The van der Waals surface area contributed by atoms with E-state index in [1.807, 2.05) is 0 Å². The molecule has 1 fully saturated rings. The van der Waals surface area contributed by atoms with Gasteiger partial charge in [0.25, 0.3) is 15.9 Å². The number of halogens is 3. The molecule has 1 aliphatic heterocycles. The number of piperidine rings is 1.